The number of hydrogen-bond acceptors (Lipinski definition) is 1. The molecule has 0 aliphatic heterocycles. The van der Waals surface area contributed by atoms with Crippen LogP contribution in [0.3, 0.4) is 0 Å². The molecule has 0 aromatic heterocycles. The fourth-order valence-corrected chi connectivity index (χ4v) is 2.82. The summed E-state index contributed by atoms with van der Waals surface area (Å²) in [5.74, 6) is 0. The summed E-state index contributed by atoms with van der Waals surface area (Å²) >= 11 is 0. The van der Waals surface area contributed by atoms with E-state index in [1.54, 1.807) is 0 Å². The molecule has 1 heteroatoms. The van der Waals surface area contributed by atoms with Gasteiger partial charge in [-0.2, -0.15) is 0 Å². The Morgan fingerprint density at radius 1 is 0.958 bits per heavy atom. The Labute approximate surface area is 147 Å². The molecule has 0 saturated heterocycles. The summed E-state index contributed by atoms with van der Waals surface area (Å²) in [5.41, 5.74) is 5.66. The molecule has 126 valence electrons. The van der Waals surface area contributed by atoms with Gasteiger partial charge in [0, 0.05) is 5.56 Å². The van der Waals surface area contributed by atoms with Gasteiger partial charge in [0.1, 0.15) is 0 Å². The van der Waals surface area contributed by atoms with Crippen LogP contribution in [0, 0.1) is 6.92 Å². The van der Waals surface area contributed by atoms with Gasteiger partial charge in [0.25, 0.3) is 0 Å². The summed E-state index contributed by atoms with van der Waals surface area (Å²) in [6.07, 6.45) is 9.65. The molecule has 0 radical (unpaired) electrons. The van der Waals surface area contributed by atoms with E-state index in [4.69, 9.17) is 4.99 Å². The molecule has 0 heterocycles. The van der Waals surface area contributed by atoms with Crippen molar-refractivity contribution in [3.8, 4) is 0 Å². The van der Waals surface area contributed by atoms with Crippen LogP contribution in [0.5, 0.6) is 0 Å². The zero-order valence-corrected chi connectivity index (χ0v) is 15.1. The third-order valence-electron chi connectivity index (χ3n) is 4.37. The van der Waals surface area contributed by atoms with E-state index in [1.807, 2.05) is 24.3 Å². The van der Waals surface area contributed by atoms with Gasteiger partial charge in [-0.3, -0.25) is 0 Å². The van der Waals surface area contributed by atoms with Crippen LogP contribution in [0.4, 0.5) is 5.69 Å². The van der Waals surface area contributed by atoms with Crippen molar-refractivity contribution in [2.24, 2.45) is 4.99 Å². The van der Waals surface area contributed by atoms with Gasteiger partial charge in [0.15, 0.2) is 0 Å². The highest BCUT2D eigenvalue weighted by Gasteiger charge is 2.02. The average Bonchev–Trinajstić information content (AvgIpc) is 2.61. The third-order valence-corrected chi connectivity index (χ3v) is 4.37. The average molecular weight is 319 g/mol. The zero-order chi connectivity index (χ0) is 17.2. The van der Waals surface area contributed by atoms with E-state index >= 15 is 0 Å². The second-order valence-electron chi connectivity index (χ2n) is 6.35. The van der Waals surface area contributed by atoms with Gasteiger partial charge >= 0.3 is 0 Å². The van der Waals surface area contributed by atoms with Crippen LogP contribution in [-0.4, -0.2) is 5.71 Å². The normalized spacial score (nSPS) is 11.5. The Bertz CT molecular complexity index is 665. The first-order valence-corrected chi connectivity index (χ1v) is 9.10. The third kappa shape index (κ3) is 5.49. The molecule has 0 bridgehead atoms. The first-order valence-electron chi connectivity index (χ1n) is 9.10. The van der Waals surface area contributed by atoms with Crippen molar-refractivity contribution in [1.82, 2.24) is 0 Å². The van der Waals surface area contributed by atoms with Gasteiger partial charge in [-0.15, -0.1) is 0 Å². The van der Waals surface area contributed by atoms with Gasteiger partial charge < -0.3 is 0 Å². The second-order valence-corrected chi connectivity index (χ2v) is 6.35. The Hall–Kier alpha value is -2.15. The quantitative estimate of drug-likeness (QED) is 0.355. The maximum atomic E-state index is 4.77. The summed E-state index contributed by atoms with van der Waals surface area (Å²) in [5, 5.41) is 0. The highest BCUT2D eigenvalue weighted by molar-refractivity contribution is 6.09. The SMILES string of the molecule is C=CC(=Nc1ccccc1C)c1ccc(CCCCCCC)cc1. The maximum Gasteiger partial charge on any atom is 0.0703 e. The van der Waals surface area contributed by atoms with E-state index in [-0.39, 0.29) is 0 Å². The molecule has 0 unspecified atom stereocenters. The molecular formula is C23H29N. The van der Waals surface area contributed by atoms with Crippen molar-refractivity contribution in [1.29, 1.82) is 0 Å². The molecule has 24 heavy (non-hydrogen) atoms. The minimum Gasteiger partial charge on any atom is -0.248 e. The number of nitrogens with zero attached hydrogens (tertiary/aromatic N) is 1. The molecule has 0 spiro atoms. The fraction of sp³-hybridized carbons (Fsp3) is 0.348. The van der Waals surface area contributed by atoms with Gasteiger partial charge in [0.05, 0.1) is 11.4 Å². The molecular weight excluding hydrogens is 290 g/mol. The van der Waals surface area contributed by atoms with Crippen LogP contribution >= 0.6 is 0 Å². The van der Waals surface area contributed by atoms with Crippen LogP contribution in [0.15, 0.2) is 66.2 Å². The Morgan fingerprint density at radius 3 is 2.33 bits per heavy atom. The topological polar surface area (TPSA) is 12.4 Å². The molecule has 2 aromatic carbocycles. The Kier molecular flexibility index (Phi) is 7.48. The number of benzene rings is 2. The van der Waals surface area contributed by atoms with Gasteiger partial charge in [0.2, 0.25) is 0 Å². The number of allylic oxidation sites excluding steroid dienone is 1. The molecule has 2 rings (SSSR count). The zero-order valence-electron chi connectivity index (χ0n) is 15.1. The number of aliphatic imine (C=N–C) groups is 1. The van der Waals surface area contributed by atoms with E-state index < -0.39 is 0 Å². The fourth-order valence-electron chi connectivity index (χ4n) is 2.82. The standard InChI is InChI=1S/C23H29N/c1-4-6-7-8-9-13-20-15-17-21(18-16-20)22(5-2)24-23-14-11-10-12-19(23)3/h5,10-12,14-18H,2,4,6-9,13H2,1,3H3. The van der Waals surface area contributed by atoms with Crippen molar-refractivity contribution in [2.45, 2.75) is 52.4 Å². The second kappa shape index (κ2) is 9.87. The molecule has 0 N–H and O–H groups in total. The number of unbranched alkanes of at least 4 members (excludes halogenated alkanes) is 4. The van der Waals surface area contributed by atoms with Crippen molar-refractivity contribution in [3.63, 3.8) is 0 Å². The Morgan fingerprint density at radius 2 is 1.67 bits per heavy atom. The predicted molar refractivity (Wildman–Crippen MR) is 106 cm³/mol. The van der Waals surface area contributed by atoms with E-state index in [1.165, 1.54) is 49.7 Å². The van der Waals surface area contributed by atoms with E-state index in [9.17, 15) is 0 Å². The lowest BCUT2D eigenvalue weighted by Crippen LogP contribution is -1.97. The lowest BCUT2D eigenvalue weighted by Gasteiger charge is -2.06. The van der Waals surface area contributed by atoms with Crippen molar-refractivity contribution in [2.75, 3.05) is 0 Å². The van der Waals surface area contributed by atoms with E-state index in [2.05, 4.69) is 50.8 Å². The predicted octanol–water partition coefficient (Wildman–Crippen LogP) is 6.81. The van der Waals surface area contributed by atoms with E-state index in [0.717, 1.165) is 17.0 Å². The molecule has 0 saturated carbocycles. The lowest BCUT2D eigenvalue weighted by atomic mass is 10.0. The van der Waals surface area contributed by atoms with Crippen LogP contribution in [0.1, 0.15) is 55.7 Å². The van der Waals surface area contributed by atoms with Crippen LogP contribution in [-0.2, 0) is 6.42 Å². The minimum absolute atomic E-state index is 0.929. The molecule has 0 aliphatic rings. The largest absolute Gasteiger partial charge is 0.248 e. The molecule has 0 atom stereocenters. The summed E-state index contributed by atoms with van der Waals surface area (Å²) in [6, 6.07) is 17.0. The summed E-state index contributed by atoms with van der Waals surface area (Å²) < 4.78 is 0. The number of aryl methyl sites for hydroxylation is 2. The number of rotatable bonds is 9. The smallest absolute Gasteiger partial charge is 0.0703 e. The maximum absolute atomic E-state index is 4.77. The van der Waals surface area contributed by atoms with Crippen LogP contribution in [0.25, 0.3) is 0 Å². The lowest BCUT2D eigenvalue weighted by molar-refractivity contribution is 0.632. The first-order chi connectivity index (χ1) is 11.7. The summed E-state index contributed by atoms with van der Waals surface area (Å²) in [6.45, 7) is 8.28. The summed E-state index contributed by atoms with van der Waals surface area (Å²) in [7, 11) is 0. The molecule has 1 nitrogen and oxygen atoms in total. The van der Waals surface area contributed by atoms with Gasteiger partial charge in [-0.1, -0.05) is 81.7 Å². The monoisotopic (exact) mass is 319 g/mol. The van der Waals surface area contributed by atoms with Crippen molar-refractivity contribution < 1.29 is 0 Å². The highest BCUT2D eigenvalue weighted by Crippen LogP contribution is 2.20. The van der Waals surface area contributed by atoms with E-state index in [0.29, 0.717) is 0 Å². The molecule has 0 amide bonds. The molecule has 0 fully saturated rings. The van der Waals surface area contributed by atoms with Crippen molar-refractivity contribution in [3.05, 3.63) is 77.9 Å². The van der Waals surface area contributed by atoms with Gasteiger partial charge in [-0.05, 0) is 43.0 Å². The molecule has 0 aliphatic carbocycles. The van der Waals surface area contributed by atoms with Gasteiger partial charge in [-0.25, -0.2) is 4.99 Å². The number of para-hydroxylation sites is 1. The Balaban J connectivity index is 2.03. The summed E-state index contributed by atoms with van der Waals surface area (Å²) in [4.78, 5) is 4.77. The van der Waals surface area contributed by atoms with Crippen molar-refractivity contribution >= 4 is 11.4 Å². The minimum atomic E-state index is 0.929. The van der Waals surface area contributed by atoms with Crippen LogP contribution < -0.4 is 0 Å². The number of hydrogen-bond donors (Lipinski definition) is 0. The first kappa shape index (κ1) is 18.2. The van der Waals surface area contributed by atoms with Crippen LogP contribution in [0.2, 0.25) is 0 Å². The molecule has 2 aromatic rings. The highest BCUT2D eigenvalue weighted by atomic mass is 14.7.